The van der Waals surface area contributed by atoms with E-state index >= 15 is 0 Å². The summed E-state index contributed by atoms with van der Waals surface area (Å²) >= 11 is 3.27. The van der Waals surface area contributed by atoms with E-state index in [4.69, 9.17) is 9.72 Å². The zero-order valence-corrected chi connectivity index (χ0v) is 18.6. The van der Waals surface area contributed by atoms with Crippen molar-refractivity contribution in [1.82, 2.24) is 9.55 Å². The summed E-state index contributed by atoms with van der Waals surface area (Å²) in [6, 6.07) is 8.04. The van der Waals surface area contributed by atoms with Crippen molar-refractivity contribution in [2.75, 3.05) is 12.4 Å². The average Bonchev–Trinajstić information content (AvgIpc) is 3.06. The normalized spacial score (nSPS) is 16.0. The minimum absolute atomic E-state index is 0.0731. The van der Waals surface area contributed by atoms with Crippen molar-refractivity contribution in [2.24, 2.45) is 5.92 Å². The van der Waals surface area contributed by atoms with E-state index in [1.807, 2.05) is 24.3 Å². The van der Waals surface area contributed by atoms with Gasteiger partial charge in [-0.1, -0.05) is 42.5 Å². The highest BCUT2D eigenvalue weighted by Gasteiger charge is 2.24. The highest BCUT2D eigenvalue weighted by atomic mass is 32.2. The molecule has 0 saturated carbocycles. The zero-order valence-electron chi connectivity index (χ0n) is 16.9. The topological polar surface area (TPSA) is 44.1 Å². The molecule has 0 bridgehead atoms. The van der Waals surface area contributed by atoms with E-state index in [-0.39, 0.29) is 5.56 Å². The lowest BCUT2D eigenvalue weighted by Gasteiger charge is -2.17. The maximum Gasteiger partial charge on any atom is 0.263 e. The Labute approximate surface area is 179 Å². The van der Waals surface area contributed by atoms with E-state index in [0.29, 0.717) is 19.1 Å². The molecule has 0 N–H and O–H groups in total. The largest absolute Gasteiger partial charge is 0.493 e. The van der Waals surface area contributed by atoms with Gasteiger partial charge in [-0.15, -0.1) is 17.9 Å². The molecule has 4 rings (SSSR count). The fourth-order valence-corrected chi connectivity index (χ4v) is 5.98. The van der Waals surface area contributed by atoms with Gasteiger partial charge in [-0.3, -0.25) is 9.36 Å². The van der Waals surface area contributed by atoms with Crippen LogP contribution < -0.4 is 10.3 Å². The molecule has 1 unspecified atom stereocenters. The van der Waals surface area contributed by atoms with E-state index < -0.39 is 0 Å². The van der Waals surface area contributed by atoms with Gasteiger partial charge in [-0.25, -0.2) is 4.98 Å². The first kappa shape index (κ1) is 20.2. The van der Waals surface area contributed by atoms with Crippen LogP contribution >= 0.6 is 23.1 Å². The SMILES string of the molecule is C=CCn1c(SCCOc2ccc(C)cc2)nc2sc3c(c2c1=O)CCC(C)C3. The predicted octanol–water partition coefficient (Wildman–Crippen LogP) is 5.25. The highest BCUT2D eigenvalue weighted by molar-refractivity contribution is 7.99. The van der Waals surface area contributed by atoms with Gasteiger partial charge < -0.3 is 4.74 Å². The van der Waals surface area contributed by atoms with Gasteiger partial charge in [0.25, 0.3) is 5.56 Å². The van der Waals surface area contributed by atoms with Crippen molar-refractivity contribution >= 4 is 33.3 Å². The third kappa shape index (κ3) is 4.28. The molecule has 4 nitrogen and oxygen atoms in total. The molecule has 29 heavy (non-hydrogen) atoms. The molecule has 0 amide bonds. The maximum absolute atomic E-state index is 13.3. The third-order valence-electron chi connectivity index (χ3n) is 5.30. The van der Waals surface area contributed by atoms with Crippen molar-refractivity contribution in [3.63, 3.8) is 0 Å². The van der Waals surface area contributed by atoms with Gasteiger partial charge in [0.1, 0.15) is 10.6 Å². The number of allylic oxidation sites excluding steroid dienone is 1. The molecule has 0 aliphatic heterocycles. The monoisotopic (exact) mass is 426 g/mol. The predicted molar refractivity (Wildman–Crippen MR) is 123 cm³/mol. The van der Waals surface area contributed by atoms with E-state index in [0.717, 1.165) is 46.1 Å². The molecule has 0 saturated heterocycles. The van der Waals surface area contributed by atoms with Crippen LogP contribution in [0.3, 0.4) is 0 Å². The Morgan fingerprint density at radius 3 is 2.93 bits per heavy atom. The number of thiophene rings is 1. The maximum atomic E-state index is 13.3. The van der Waals surface area contributed by atoms with E-state index in [1.165, 1.54) is 16.0 Å². The Hall–Kier alpha value is -2.05. The number of hydrogen-bond donors (Lipinski definition) is 0. The van der Waals surface area contributed by atoms with Crippen LogP contribution in [0, 0.1) is 12.8 Å². The second-order valence-electron chi connectivity index (χ2n) is 7.64. The Morgan fingerprint density at radius 2 is 2.17 bits per heavy atom. The third-order valence-corrected chi connectivity index (χ3v) is 7.38. The Bertz CT molecular complexity index is 1080. The molecule has 1 aromatic carbocycles. The van der Waals surface area contributed by atoms with Gasteiger partial charge >= 0.3 is 0 Å². The van der Waals surface area contributed by atoms with Gasteiger partial charge in [0.2, 0.25) is 0 Å². The van der Waals surface area contributed by atoms with Crippen LogP contribution in [-0.4, -0.2) is 21.9 Å². The molecular formula is C23H26N2O2S2. The Kier molecular flexibility index (Phi) is 6.11. The smallest absolute Gasteiger partial charge is 0.263 e. The minimum atomic E-state index is 0.0731. The highest BCUT2D eigenvalue weighted by Crippen LogP contribution is 2.36. The van der Waals surface area contributed by atoms with Crippen molar-refractivity contribution < 1.29 is 4.74 Å². The number of aryl methyl sites for hydroxylation is 2. The van der Waals surface area contributed by atoms with Gasteiger partial charge in [0.05, 0.1) is 12.0 Å². The molecule has 0 radical (unpaired) electrons. The van der Waals surface area contributed by atoms with Crippen LogP contribution in [0.1, 0.15) is 29.3 Å². The summed E-state index contributed by atoms with van der Waals surface area (Å²) < 4.78 is 7.59. The molecule has 0 fully saturated rings. The molecule has 152 valence electrons. The first-order valence-electron chi connectivity index (χ1n) is 10.0. The van der Waals surface area contributed by atoms with Crippen LogP contribution in [0.2, 0.25) is 0 Å². The summed E-state index contributed by atoms with van der Waals surface area (Å²) in [6.07, 6.45) is 4.96. The van der Waals surface area contributed by atoms with Gasteiger partial charge in [0.15, 0.2) is 5.16 Å². The van der Waals surface area contributed by atoms with Gasteiger partial charge in [-0.2, -0.15) is 0 Å². The molecule has 0 spiro atoms. The van der Waals surface area contributed by atoms with Crippen LogP contribution in [0.4, 0.5) is 0 Å². The zero-order chi connectivity index (χ0) is 20.4. The molecule has 2 aromatic heterocycles. The minimum Gasteiger partial charge on any atom is -0.493 e. The quantitative estimate of drug-likeness (QED) is 0.224. The lowest BCUT2D eigenvalue weighted by molar-refractivity contribution is 0.343. The molecular weight excluding hydrogens is 400 g/mol. The second-order valence-corrected chi connectivity index (χ2v) is 9.79. The lowest BCUT2D eigenvalue weighted by Crippen LogP contribution is -2.23. The van der Waals surface area contributed by atoms with Crippen molar-refractivity contribution in [2.45, 2.75) is 44.8 Å². The second kappa shape index (κ2) is 8.76. The fourth-order valence-electron chi connectivity index (χ4n) is 3.73. The van der Waals surface area contributed by atoms with Crippen LogP contribution in [0.15, 0.2) is 46.9 Å². The molecule has 3 aromatic rings. The van der Waals surface area contributed by atoms with Gasteiger partial charge in [-0.05, 0) is 49.8 Å². The van der Waals surface area contributed by atoms with Gasteiger partial charge in [0, 0.05) is 17.2 Å². The van der Waals surface area contributed by atoms with Crippen molar-refractivity contribution in [1.29, 1.82) is 0 Å². The van der Waals surface area contributed by atoms with E-state index in [1.54, 1.807) is 33.7 Å². The first-order chi connectivity index (χ1) is 14.1. The lowest BCUT2D eigenvalue weighted by atomic mass is 9.89. The number of fused-ring (bicyclic) bond motifs is 3. The van der Waals surface area contributed by atoms with Crippen molar-refractivity contribution in [3.05, 3.63) is 63.3 Å². The summed E-state index contributed by atoms with van der Waals surface area (Å²) in [6.45, 7) is 9.21. The average molecular weight is 427 g/mol. The molecule has 1 atom stereocenters. The molecule has 1 aliphatic carbocycles. The number of nitrogens with zero attached hydrogens (tertiary/aromatic N) is 2. The number of thioether (sulfide) groups is 1. The summed E-state index contributed by atoms with van der Waals surface area (Å²) in [5.74, 6) is 2.27. The summed E-state index contributed by atoms with van der Waals surface area (Å²) in [4.78, 5) is 20.4. The van der Waals surface area contributed by atoms with E-state index in [2.05, 4.69) is 20.4 Å². The number of ether oxygens (including phenoxy) is 1. The van der Waals surface area contributed by atoms with Crippen molar-refractivity contribution in [3.8, 4) is 5.75 Å². The fraction of sp³-hybridized carbons (Fsp3) is 0.391. The molecule has 2 heterocycles. The Balaban J connectivity index is 1.56. The van der Waals surface area contributed by atoms with Crippen LogP contribution in [-0.2, 0) is 19.4 Å². The Morgan fingerprint density at radius 1 is 1.38 bits per heavy atom. The standard InChI is InChI=1S/C23H26N2O2S2/c1-4-11-25-22(26)20-18-10-7-16(3)14-19(18)29-21(20)24-23(25)28-13-12-27-17-8-5-15(2)6-9-17/h4-6,8-9,16H,1,7,10-14H2,2-3H3. The first-order valence-corrected chi connectivity index (χ1v) is 11.8. The number of aromatic nitrogens is 2. The number of rotatable bonds is 7. The summed E-state index contributed by atoms with van der Waals surface area (Å²) in [5.41, 5.74) is 2.52. The number of benzene rings is 1. The summed E-state index contributed by atoms with van der Waals surface area (Å²) in [5, 5.41) is 1.58. The molecule has 6 heteroatoms. The van der Waals surface area contributed by atoms with E-state index in [9.17, 15) is 4.79 Å². The van der Waals surface area contributed by atoms with Crippen LogP contribution in [0.25, 0.3) is 10.2 Å². The number of hydrogen-bond acceptors (Lipinski definition) is 5. The molecule has 1 aliphatic rings. The summed E-state index contributed by atoms with van der Waals surface area (Å²) in [7, 11) is 0. The van der Waals surface area contributed by atoms with Crippen LogP contribution in [0.5, 0.6) is 5.75 Å².